The van der Waals surface area contributed by atoms with Gasteiger partial charge in [-0.2, -0.15) is 15.2 Å². The van der Waals surface area contributed by atoms with Crippen LogP contribution >= 0.6 is 7.14 Å². The van der Waals surface area contributed by atoms with E-state index >= 15 is 0 Å². The molecule has 2 aromatic heterocycles. The molecule has 0 radical (unpaired) electrons. The molecule has 4 rings (SSSR count). The molecule has 0 saturated heterocycles. The highest BCUT2D eigenvalue weighted by Gasteiger charge is 2.20. The van der Waals surface area contributed by atoms with Crippen LogP contribution in [0.1, 0.15) is 37.7 Å². The Labute approximate surface area is 181 Å². The fraction of sp³-hybridized carbons (Fsp3) is 0.409. The van der Waals surface area contributed by atoms with Gasteiger partial charge in [0.25, 0.3) is 0 Å². The zero-order chi connectivity index (χ0) is 22.0. The molecule has 3 N–H and O–H groups in total. The SMILES string of the molecule is COc1cc(P(C)(C)=O)ccc1Nc1nc(NC2CCCCC2)c2c(C#N)c[nH]c2n1. The van der Waals surface area contributed by atoms with E-state index in [-0.39, 0.29) is 0 Å². The van der Waals surface area contributed by atoms with E-state index in [4.69, 9.17) is 9.72 Å². The van der Waals surface area contributed by atoms with Crippen molar-refractivity contribution < 1.29 is 9.30 Å². The largest absolute Gasteiger partial charge is 0.495 e. The van der Waals surface area contributed by atoms with Gasteiger partial charge in [-0.25, -0.2) is 0 Å². The summed E-state index contributed by atoms with van der Waals surface area (Å²) in [6.45, 7) is 3.46. The Morgan fingerprint density at radius 2 is 2.00 bits per heavy atom. The number of H-pyrrole nitrogens is 1. The number of benzene rings is 1. The lowest BCUT2D eigenvalue weighted by Crippen LogP contribution is -2.23. The number of rotatable bonds is 6. The molecule has 0 unspecified atom stereocenters. The van der Waals surface area contributed by atoms with Gasteiger partial charge in [0.15, 0.2) is 0 Å². The van der Waals surface area contributed by atoms with Crippen molar-refractivity contribution in [3.63, 3.8) is 0 Å². The van der Waals surface area contributed by atoms with Crippen LogP contribution in [-0.2, 0) is 4.57 Å². The van der Waals surface area contributed by atoms with Crippen molar-refractivity contribution in [1.29, 1.82) is 5.26 Å². The number of fused-ring (bicyclic) bond motifs is 1. The topological polar surface area (TPSA) is 116 Å². The fourth-order valence-electron chi connectivity index (χ4n) is 3.96. The fourth-order valence-corrected chi connectivity index (χ4v) is 4.82. The van der Waals surface area contributed by atoms with Crippen molar-refractivity contribution in [1.82, 2.24) is 15.0 Å². The molecule has 1 aliphatic carbocycles. The lowest BCUT2D eigenvalue weighted by Gasteiger charge is -2.24. The monoisotopic (exact) mass is 438 g/mol. The predicted molar refractivity (Wildman–Crippen MR) is 124 cm³/mol. The zero-order valence-electron chi connectivity index (χ0n) is 18.0. The van der Waals surface area contributed by atoms with E-state index < -0.39 is 7.14 Å². The second-order valence-electron chi connectivity index (χ2n) is 8.27. The maximum Gasteiger partial charge on any atom is 0.231 e. The van der Waals surface area contributed by atoms with Crippen LogP contribution in [-0.4, -0.2) is 41.4 Å². The number of nitrogens with one attached hydrogen (secondary N) is 3. The minimum Gasteiger partial charge on any atom is -0.495 e. The number of aromatic nitrogens is 3. The number of anilines is 3. The van der Waals surface area contributed by atoms with E-state index in [2.05, 4.69) is 26.7 Å². The summed E-state index contributed by atoms with van der Waals surface area (Å²) in [5.74, 6) is 1.61. The predicted octanol–water partition coefficient (Wildman–Crippen LogP) is 4.57. The summed E-state index contributed by atoms with van der Waals surface area (Å²) in [6.07, 6.45) is 7.48. The Morgan fingerprint density at radius 3 is 2.68 bits per heavy atom. The third-order valence-electron chi connectivity index (χ3n) is 5.65. The van der Waals surface area contributed by atoms with Crippen molar-refractivity contribution in [2.75, 3.05) is 31.1 Å². The van der Waals surface area contributed by atoms with Crippen LogP contribution in [0.2, 0.25) is 0 Å². The third kappa shape index (κ3) is 4.52. The van der Waals surface area contributed by atoms with Gasteiger partial charge in [0.2, 0.25) is 5.95 Å². The molecule has 1 saturated carbocycles. The van der Waals surface area contributed by atoms with Crippen LogP contribution in [0.25, 0.3) is 11.0 Å². The first-order chi connectivity index (χ1) is 14.9. The summed E-state index contributed by atoms with van der Waals surface area (Å²) in [7, 11) is -0.833. The molecule has 1 aliphatic rings. The highest BCUT2D eigenvalue weighted by atomic mass is 31.2. The average molecular weight is 438 g/mol. The van der Waals surface area contributed by atoms with Gasteiger partial charge in [-0.15, -0.1) is 0 Å². The number of nitrogens with zero attached hydrogens (tertiary/aromatic N) is 3. The van der Waals surface area contributed by atoms with E-state index in [1.807, 2.05) is 12.1 Å². The average Bonchev–Trinajstić information content (AvgIpc) is 3.17. The molecule has 162 valence electrons. The van der Waals surface area contributed by atoms with Crippen LogP contribution in [0.4, 0.5) is 17.5 Å². The number of hydrogen-bond donors (Lipinski definition) is 3. The number of nitriles is 1. The summed E-state index contributed by atoms with van der Waals surface area (Å²) in [4.78, 5) is 12.3. The van der Waals surface area contributed by atoms with Crippen molar-refractivity contribution in [2.45, 2.75) is 38.1 Å². The normalized spacial score (nSPS) is 14.9. The van der Waals surface area contributed by atoms with Crippen LogP contribution in [0.3, 0.4) is 0 Å². The van der Waals surface area contributed by atoms with Gasteiger partial charge in [-0.3, -0.25) is 0 Å². The van der Waals surface area contributed by atoms with Crippen molar-refractivity contribution >= 4 is 40.9 Å². The van der Waals surface area contributed by atoms with E-state index in [1.165, 1.54) is 19.3 Å². The second kappa shape index (κ2) is 8.60. The van der Waals surface area contributed by atoms with E-state index in [1.54, 1.807) is 32.7 Å². The van der Waals surface area contributed by atoms with Gasteiger partial charge in [0.05, 0.1) is 23.7 Å². The van der Waals surface area contributed by atoms with Gasteiger partial charge in [-0.05, 0) is 44.4 Å². The van der Waals surface area contributed by atoms with Crippen molar-refractivity contribution in [3.05, 3.63) is 30.0 Å². The Bertz CT molecular complexity index is 1190. The maximum absolute atomic E-state index is 12.4. The first-order valence-electron chi connectivity index (χ1n) is 10.5. The molecule has 8 nitrogen and oxygen atoms in total. The van der Waals surface area contributed by atoms with Crippen LogP contribution in [0.15, 0.2) is 24.4 Å². The summed E-state index contributed by atoms with van der Waals surface area (Å²) < 4.78 is 17.9. The van der Waals surface area contributed by atoms with Crippen LogP contribution in [0.5, 0.6) is 5.75 Å². The van der Waals surface area contributed by atoms with Gasteiger partial charge in [0, 0.05) is 17.5 Å². The Balaban J connectivity index is 1.71. The standard InChI is InChI=1S/C22H27N6O2P/c1-30-18-11-16(31(2,3)29)9-10-17(18)26-22-27-20-19(14(12-23)13-24-20)21(28-22)25-15-7-5-4-6-8-15/h9-11,13,15H,4-8H2,1-3H3,(H3,24,25,26,27,28). The van der Waals surface area contributed by atoms with E-state index in [9.17, 15) is 9.83 Å². The lowest BCUT2D eigenvalue weighted by molar-refractivity contribution is 0.417. The number of methoxy groups -OCH3 is 1. The summed E-state index contributed by atoms with van der Waals surface area (Å²) in [6, 6.07) is 7.98. The summed E-state index contributed by atoms with van der Waals surface area (Å²) in [5.41, 5.74) is 1.78. The molecular weight excluding hydrogens is 411 g/mol. The minimum atomic E-state index is -2.41. The van der Waals surface area contributed by atoms with E-state index in [0.29, 0.717) is 45.8 Å². The van der Waals surface area contributed by atoms with Crippen molar-refractivity contribution in [3.8, 4) is 11.8 Å². The highest BCUT2D eigenvalue weighted by Crippen LogP contribution is 2.38. The number of ether oxygens (including phenoxy) is 1. The quantitative estimate of drug-likeness (QED) is 0.483. The van der Waals surface area contributed by atoms with Crippen LogP contribution in [0, 0.1) is 11.3 Å². The van der Waals surface area contributed by atoms with E-state index in [0.717, 1.165) is 18.1 Å². The second-order valence-corrected chi connectivity index (χ2v) is 11.5. The molecular formula is C22H27N6O2P. The lowest BCUT2D eigenvalue weighted by atomic mass is 9.95. The van der Waals surface area contributed by atoms with Gasteiger partial charge in [0.1, 0.15) is 30.4 Å². The van der Waals surface area contributed by atoms with Crippen molar-refractivity contribution in [2.24, 2.45) is 0 Å². The summed E-state index contributed by atoms with van der Waals surface area (Å²) in [5, 5.41) is 17.7. The zero-order valence-corrected chi connectivity index (χ0v) is 18.9. The smallest absolute Gasteiger partial charge is 0.231 e. The Morgan fingerprint density at radius 1 is 1.23 bits per heavy atom. The molecule has 0 spiro atoms. The van der Waals surface area contributed by atoms with Gasteiger partial charge in [-0.1, -0.05) is 19.3 Å². The third-order valence-corrected chi connectivity index (χ3v) is 7.17. The maximum atomic E-state index is 12.4. The molecule has 1 fully saturated rings. The van der Waals surface area contributed by atoms with Crippen LogP contribution < -0.4 is 20.7 Å². The minimum absolute atomic E-state index is 0.332. The molecule has 0 bridgehead atoms. The highest BCUT2D eigenvalue weighted by molar-refractivity contribution is 7.70. The molecule has 2 heterocycles. The molecule has 1 aromatic carbocycles. The molecule has 3 aromatic rings. The molecule has 31 heavy (non-hydrogen) atoms. The molecule has 0 atom stereocenters. The molecule has 9 heteroatoms. The number of aromatic amines is 1. The first-order valence-corrected chi connectivity index (χ1v) is 13.1. The number of hydrogen-bond acceptors (Lipinski definition) is 7. The van der Waals surface area contributed by atoms with Gasteiger partial charge < -0.3 is 24.9 Å². The summed E-state index contributed by atoms with van der Waals surface area (Å²) >= 11 is 0. The molecule has 0 amide bonds. The first kappa shape index (κ1) is 21.2. The molecule has 0 aliphatic heterocycles. The van der Waals surface area contributed by atoms with Gasteiger partial charge >= 0.3 is 0 Å². The Kier molecular flexibility index (Phi) is 5.88. The Hall–Kier alpha value is -3.04.